The molecule has 1 unspecified atom stereocenters. The third-order valence-corrected chi connectivity index (χ3v) is 3.73. The van der Waals surface area contributed by atoms with Crippen LogP contribution in [0, 0.1) is 5.92 Å². The van der Waals surface area contributed by atoms with E-state index in [2.05, 4.69) is 13.8 Å². The molecule has 0 aliphatic heterocycles. The predicted molar refractivity (Wildman–Crippen MR) is 66.6 cm³/mol. The lowest BCUT2D eigenvalue weighted by Gasteiger charge is -2.04. The zero-order valence-corrected chi connectivity index (χ0v) is 10.8. The Bertz CT molecular complexity index is 104. The topological polar surface area (TPSA) is 0 Å². The van der Waals surface area contributed by atoms with E-state index in [0.29, 0.717) is 0 Å². The minimum atomic E-state index is -0.129. The van der Waals surface area contributed by atoms with E-state index in [1.165, 1.54) is 38.0 Å². The van der Waals surface area contributed by atoms with Gasteiger partial charge in [0.05, 0.1) is 6.67 Å². The molecule has 0 fully saturated rings. The van der Waals surface area contributed by atoms with Crippen molar-refractivity contribution in [3.8, 4) is 0 Å². The molecule has 0 bridgehead atoms. The van der Waals surface area contributed by atoms with Gasteiger partial charge < -0.3 is 0 Å². The SMILES string of the molecule is CC(C)CCPCCCCCCCF. The first-order chi connectivity index (χ1) is 6.77. The summed E-state index contributed by atoms with van der Waals surface area (Å²) >= 11 is 0. The summed E-state index contributed by atoms with van der Waals surface area (Å²) in [6.45, 7) is 4.46. The van der Waals surface area contributed by atoms with E-state index in [1.807, 2.05) is 0 Å². The van der Waals surface area contributed by atoms with Gasteiger partial charge >= 0.3 is 0 Å². The Morgan fingerprint density at radius 1 is 0.929 bits per heavy atom. The smallest absolute Gasteiger partial charge is 0.0894 e. The number of hydrogen-bond donors (Lipinski definition) is 0. The van der Waals surface area contributed by atoms with Crippen LogP contribution in [0.4, 0.5) is 4.39 Å². The van der Waals surface area contributed by atoms with Crippen LogP contribution in [0.3, 0.4) is 0 Å². The first-order valence-electron chi connectivity index (χ1n) is 6.04. The Labute approximate surface area is 90.8 Å². The fraction of sp³-hybridized carbons (Fsp3) is 1.00. The molecule has 1 atom stereocenters. The van der Waals surface area contributed by atoms with Gasteiger partial charge in [0.15, 0.2) is 0 Å². The Balaban J connectivity index is 2.85. The van der Waals surface area contributed by atoms with Crippen molar-refractivity contribution in [2.24, 2.45) is 5.92 Å². The first kappa shape index (κ1) is 14.4. The van der Waals surface area contributed by atoms with E-state index in [1.54, 1.807) is 0 Å². The van der Waals surface area contributed by atoms with Gasteiger partial charge in [-0.2, -0.15) is 0 Å². The molecule has 0 aromatic rings. The van der Waals surface area contributed by atoms with Crippen LogP contribution in [0.5, 0.6) is 0 Å². The van der Waals surface area contributed by atoms with Crippen LogP contribution < -0.4 is 0 Å². The average molecular weight is 220 g/mol. The van der Waals surface area contributed by atoms with Crippen molar-refractivity contribution in [1.29, 1.82) is 0 Å². The van der Waals surface area contributed by atoms with Gasteiger partial charge in [-0.1, -0.05) is 33.1 Å². The molecule has 0 N–H and O–H groups in total. The largest absolute Gasteiger partial charge is 0.251 e. The van der Waals surface area contributed by atoms with Gasteiger partial charge in [0, 0.05) is 0 Å². The van der Waals surface area contributed by atoms with E-state index >= 15 is 0 Å². The summed E-state index contributed by atoms with van der Waals surface area (Å²) in [6.07, 6.45) is 9.99. The minimum absolute atomic E-state index is 0.129. The van der Waals surface area contributed by atoms with Crippen LogP contribution in [-0.4, -0.2) is 19.0 Å². The molecular formula is C12H26FP. The van der Waals surface area contributed by atoms with Crippen molar-refractivity contribution in [2.75, 3.05) is 19.0 Å². The third kappa shape index (κ3) is 12.4. The number of hydrogen-bond acceptors (Lipinski definition) is 0. The monoisotopic (exact) mass is 220 g/mol. The maximum Gasteiger partial charge on any atom is 0.0894 e. The fourth-order valence-electron chi connectivity index (χ4n) is 1.39. The van der Waals surface area contributed by atoms with Crippen LogP contribution in [0.2, 0.25) is 0 Å². The van der Waals surface area contributed by atoms with Crippen LogP contribution in [0.25, 0.3) is 0 Å². The van der Waals surface area contributed by atoms with Crippen LogP contribution in [-0.2, 0) is 0 Å². The molecule has 0 nitrogen and oxygen atoms in total. The lowest BCUT2D eigenvalue weighted by molar-refractivity contribution is 0.452. The highest BCUT2D eigenvalue weighted by Crippen LogP contribution is 2.17. The Morgan fingerprint density at radius 3 is 2.21 bits per heavy atom. The van der Waals surface area contributed by atoms with Crippen molar-refractivity contribution in [1.82, 2.24) is 0 Å². The molecule has 0 aromatic carbocycles. The second-order valence-electron chi connectivity index (χ2n) is 4.39. The molecule has 0 saturated heterocycles. The molecule has 14 heavy (non-hydrogen) atoms. The fourth-order valence-corrected chi connectivity index (χ4v) is 2.92. The van der Waals surface area contributed by atoms with Gasteiger partial charge in [0.1, 0.15) is 0 Å². The van der Waals surface area contributed by atoms with Gasteiger partial charge in [0.2, 0.25) is 0 Å². The lowest BCUT2D eigenvalue weighted by Crippen LogP contribution is -1.89. The Kier molecular flexibility index (Phi) is 11.7. The lowest BCUT2D eigenvalue weighted by atomic mass is 10.2. The van der Waals surface area contributed by atoms with E-state index in [-0.39, 0.29) is 6.67 Å². The molecule has 0 aliphatic carbocycles. The molecule has 0 amide bonds. The predicted octanol–water partition coefficient (Wildman–Crippen LogP) is 4.63. The summed E-state index contributed by atoms with van der Waals surface area (Å²) in [4.78, 5) is 0. The molecule has 2 heteroatoms. The average Bonchev–Trinajstić information content (AvgIpc) is 2.15. The Hall–Kier alpha value is 0.360. The normalized spacial score (nSPS) is 12.0. The molecule has 0 rings (SSSR count). The number of alkyl halides is 1. The zero-order chi connectivity index (χ0) is 10.6. The minimum Gasteiger partial charge on any atom is -0.251 e. The molecule has 86 valence electrons. The second kappa shape index (κ2) is 11.4. The summed E-state index contributed by atoms with van der Waals surface area (Å²) in [5.74, 6) is 0.868. The van der Waals surface area contributed by atoms with Crippen molar-refractivity contribution < 1.29 is 4.39 Å². The second-order valence-corrected chi connectivity index (χ2v) is 5.89. The highest BCUT2D eigenvalue weighted by molar-refractivity contribution is 7.37. The molecule has 0 aromatic heterocycles. The number of rotatable bonds is 10. The maximum atomic E-state index is 11.7. The van der Waals surface area contributed by atoms with Gasteiger partial charge in [0.25, 0.3) is 0 Å². The molecule has 0 spiro atoms. The quantitative estimate of drug-likeness (QED) is 0.372. The van der Waals surface area contributed by atoms with Gasteiger partial charge in [-0.05, 0) is 37.5 Å². The van der Waals surface area contributed by atoms with E-state index < -0.39 is 0 Å². The van der Waals surface area contributed by atoms with E-state index in [0.717, 1.165) is 27.3 Å². The summed E-state index contributed by atoms with van der Waals surface area (Å²) in [6, 6.07) is 0. The summed E-state index contributed by atoms with van der Waals surface area (Å²) in [5, 5.41) is 0. The summed E-state index contributed by atoms with van der Waals surface area (Å²) < 4.78 is 11.7. The van der Waals surface area contributed by atoms with Crippen molar-refractivity contribution in [3.05, 3.63) is 0 Å². The first-order valence-corrected chi connectivity index (χ1v) is 7.45. The van der Waals surface area contributed by atoms with Crippen LogP contribution in [0.1, 0.15) is 52.4 Å². The molecule has 0 aliphatic rings. The van der Waals surface area contributed by atoms with Crippen LogP contribution in [0.15, 0.2) is 0 Å². The van der Waals surface area contributed by atoms with E-state index in [4.69, 9.17) is 0 Å². The maximum absolute atomic E-state index is 11.7. The Morgan fingerprint density at radius 2 is 1.57 bits per heavy atom. The van der Waals surface area contributed by atoms with Gasteiger partial charge in [-0.15, -0.1) is 8.58 Å². The number of unbranched alkanes of at least 4 members (excludes halogenated alkanes) is 4. The summed E-state index contributed by atoms with van der Waals surface area (Å²) in [7, 11) is 1.16. The van der Waals surface area contributed by atoms with Gasteiger partial charge in [-0.25, -0.2) is 0 Å². The standard InChI is InChI=1S/C12H26FP/c1-12(2)8-11-14-10-7-5-3-4-6-9-13/h12,14H,3-11H2,1-2H3. The highest BCUT2D eigenvalue weighted by Gasteiger charge is 1.94. The number of halogens is 1. The summed E-state index contributed by atoms with van der Waals surface area (Å²) in [5.41, 5.74) is 0. The zero-order valence-electron chi connectivity index (χ0n) is 9.82. The van der Waals surface area contributed by atoms with Crippen molar-refractivity contribution >= 4 is 8.58 Å². The van der Waals surface area contributed by atoms with Crippen LogP contribution >= 0.6 is 8.58 Å². The molecule has 0 heterocycles. The highest BCUT2D eigenvalue weighted by atomic mass is 31.1. The van der Waals surface area contributed by atoms with Crippen molar-refractivity contribution in [3.63, 3.8) is 0 Å². The van der Waals surface area contributed by atoms with Crippen molar-refractivity contribution in [2.45, 2.75) is 52.4 Å². The van der Waals surface area contributed by atoms with E-state index in [9.17, 15) is 4.39 Å². The van der Waals surface area contributed by atoms with Gasteiger partial charge in [-0.3, -0.25) is 4.39 Å². The molecular weight excluding hydrogens is 194 g/mol. The molecule has 0 saturated carbocycles. The third-order valence-electron chi connectivity index (χ3n) is 2.39. The molecule has 0 radical (unpaired) electrons.